The predicted octanol–water partition coefficient (Wildman–Crippen LogP) is 2.88. The molecule has 2 N–H and O–H groups in total. The summed E-state index contributed by atoms with van der Waals surface area (Å²) in [6.45, 7) is 3.60. The Hall–Kier alpha value is -2.40. The maximum absolute atomic E-state index is 13.1. The van der Waals surface area contributed by atoms with Gasteiger partial charge in [-0.2, -0.15) is 0 Å². The van der Waals surface area contributed by atoms with E-state index in [1.807, 2.05) is 41.3 Å². The van der Waals surface area contributed by atoms with E-state index in [0.29, 0.717) is 12.0 Å². The molecule has 5 heteroatoms. The molecule has 0 spiro atoms. The minimum atomic E-state index is 0.184. The Labute approximate surface area is 154 Å². The Kier molecular flexibility index (Phi) is 5.16. The molecule has 0 radical (unpaired) electrons. The highest BCUT2D eigenvalue weighted by molar-refractivity contribution is 5.96. The lowest BCUT2D eigenvalue weighted by molar-refractivity contribution is 0.0717. The van der Waals surface area contributed by atoms with Gasteiger partial charge in [0.15, 0.2) is 0 Å². The number of rotatable bonds is 4. The minimum Gasteiger partial charge on any atom is -0.367 e. The van der Waals surface area contributed by atoms with Crippen molar-refractivity contribution >= 4 is 11.7 Å². The van der Waals surface area contributed by atoms with Gasteiger partial charge in [0.2, 0.25) is 0 Å². The van der Waals surface area contributed by atoms with Crippen LogP contribution in [-0.4, -0.2) is 48.0 Å². The van der Waals surface area contributed by atoms with Gasteiger partial charge in [-0.25, -0.2) is 4.98 Å². The van der Waals surface area contributed by atoms with Crippen LogP contribution in [0.1, 0.15) is 41.1 Å². The molecule has 4 rings (SSSR count). The third-order valence-electron chi connectivity index (χ3n) is 5.49. The van der Waals surface area contributed by atoms with Gasteiger partial charge in [-0.15, -0.1) is 0 Å². The van der Waals surface area contributed by atoms with E-state index >= 15 is 0 Å². The molecule has 1 aromatic carbocycles. The van der Waals surface area contributed by atoms with Gasteiger partial charge in [0.25, 0.3) is 5.91 Å². The normalized spacial score (nSPS) is 20.9. The van der Waals surface area contributed by atoms with Gasteiger partial charge in [0, 0.05) is 37.4 Å². The summed E-state index contributed by atoms with van der Waals surface area (Å²) < 4.78 is 0. The first kappa shape index (κ1) is 17.0. The van der Waals surface area contributed by atoms with Crippen molar-refractivity contribution in [2.45, 2.75) is 31.2 Å². The van der Waals surface area contributed by atoms with Crippen molar-refractivity contribution < 1.29 is 4.79 Å². The van der Waals surface area contributed by atoms with E-state index in [0.717, 1.165) is 56.8 Å². The first-order valence-corrected chi connectivity index (χ1v) is 9.58. The van der Waals surface area contributed by atoms with Gasteiger partial charge < -0.3 is 15.5 Å². The SMILES string of the molecule is O=C(c1ccccc1C1CCNC1)N1CCC(Nc2ccccn2)CC1. The van der Waals surface area contributed by atoms with Crippen molar-refractivity contribution in [3.8, 4) is 0 Å². The Morgan fingerprint density at radius 2 is 1.88 bits per heavy atom. The number of carbonyl (C=O) groups excluding carboxylic acids is 1. The Morgan fingerprint density at radius 1 is 1.08 bits per heavy atom. The summed E-state index contributed by atoms with van der Waals surface area (Å²) in [5.74, 6) is 1.55. The van der Waals surface area contributed by atoms with Gasteiger partial charge in [-0.05, 0) is 55.5 Å². The maximum atomic E-state index is 13.1. The van der Waals surface area contributed by atoms with Crippen molar-refractivity contribution in [3.05, 3.63) is 59.8 Å². The predicted molar refractivity (Wildman–Crippen MR) is 103 cm³/mol. The van der Waals surface area contributed by atoms with Crippen LogP contribution >= 0.6 is 0 Å². The molecule has 0 aliphatic carbocycles. The summed E-state index contributed by atoms with van der Waals surface area (Å²) in [6.07, 6.45) is 4.82. The smallest absolute Gasteiger partial charge is 0.254 e. The monoisotopic (exact) mass is 350 g/mol. The number of hydrogen-bond acceptors (Lipinski definition) is 4. The summed E-state index contributed by atoms with van der Waals surface area (Å²) in [5.41, 5.74) is 2.09. The Bertz CT molecular complexity index is 735. The second-order valence-electron chi connectivity index (χ2n) is 7.20. The van der Waals surface area contributed by atoms with E-state index in [1.165, 1.54) is 5.56 Å². The summed E-state index contributed by atoms with van der Waals surface area (Å²) in [5, 5.41) is 6.89. The number of hydrogen-bond donors (Lipinski definition) is 2. The second kappa shape index (κ2) is 7.87. The lowest BCUT2D eigenvalue weighted by Gasteiger charge is -2.33. The molecule has 2 fully saturated rings. The number of anilines is 1. The standard InChI is InChI=1S/C21H26N4O/c26-21(19-6-2-1-5-18(19)16-8-12-22-15-16)25-13-9-17(10-14-25)24-20-7-3-4-11-23-20/h1-7,11,16-17,22H,8-10,12-15H2,(H,23,24). The number of amides is 1. The highest BCUT2D eigenvalue weighted by atomic mass is 16.2. The van der Waals surface area contributed by atoms with Crippen molar-refractivity contribution in [1.29, 1.82) is 0 Å². The van der Waals surface area contributed by atoms with Crippen LogP contribution in [0.4, 0.5) is 5.82 Å². The number of pyridine rings is 1. The average Bonchev–Trinajstić information content (AvgIpc) is 3.24. The molecule has 26 heavy (non-hydrogen) atoms. The molecule has 3 heterocycles. The number of piperidine rings is 1. The van der Waals surface area contributed by atoms with Gasteiger partial charge in [-0.1, -0.05) is 24.3 Å². The topological polar surface area (TPSA) is 57.3 Å². The molecular formula is C21H26N4O. The van der Waals surface area contributed by atoms with E-state index < -0.39 is 0 Å². The van der Waals surface area contributed by atoms with Crippen molar-refractivity contribution in [1.82, 2.24) is 15.2 Å². The van der Waals surface area contributed by atoms with E-state index in [1.54, 1.807) is 6.20 Å². The van der Waals surface area contributed by atoms with Crippen LogP contribution in [0.3, 0.4) is 0 Å². The van der Waals surface area contributed by atoms with Crippen LogP contribution in [0, 0.1) is 0 Å². The first-order valence-electron chi connectivity index (χ1n) is 9.58. The second-order valence-corrected chi connectivity index (χ2v) is 7.20. The van der Waals surface area contributed by atoms with E-state index in [4.69, 9.17) is 0 Å². The zero-order valence-electron chi connectivity index (χ0n) is 15.0. The fourth-order valence-corrected chi connectivity index (χ4v) is 4.02. The average molecular weight is 350 g/mol. The number of benzene rings is 1. The first-order chi connectivity index (χ1) is 12.8. The fraction of sp³-hybridized carbons (Fsp3) is 0.429. The molecule has 1 atom stereocenters. The molecule has 136 valence electrons. The van der Waals surface area contributed by atoms with Crippen molar-refractivity contribution in [2.75, 3.05) is 31.5 Å². The molecule has 0 saturated carbocycles. The van der Waals surface area contributed by atoms with E-state index in [-0.39, 0.29) is 5.91 Å². The molecule has 1 amide bonds. The molecule has 0 bridgehead atoms. The third-order valence-corrected chi connectivity index (χ3v) is 5.49. The van der Waals surface area contributed by atoms with Gasteiger partial charge >= 0.3 is 0 Å². The zero-order chi connectivity index (χ0) is 17.8. The molecule has 2 aliphatic rings. The molecule has 1 aromatic heterocycles. The van der Waals surface area contributed by atoms with Crippen LogP contribution in [-0.2, 0) is 0 Å². The summed E-state index contributed by atoms with van der Waals surface area (Å²) >= 11 is 0. The highest BCUT2D eigenvalue weighted by Gasteiger charge is 2.27. The van der Waals surface area contributed by atoms with E-state index in [2.05, 4.69) is 21.7 Å². The Balaban J connectivity index is 1.39. The largest absolute Gasteiger partial charge is 0.367 e. The molecule has 2 aromatic rings. The maximum Gasteiger partial charge on any atom is 0.254 e. The van der Waals surface area contributed by atoms with Crippen LogP contribution in [0.15, 0.2) is 48.7 Å². The Morgan fingerprint density at radius 3 is 2.62 bits per heavy atom. The van der Waals surface area contributed by atoms with Gasteiger partial charge in [-0.3, -0.25) is 4.79 Å². The number of likely N-dealkylation sites (tertiary alicyclic amines) is 1. The third kappa shape index (κ3) is 3.73. The van der Waals surface area contributed by atoms with Gasteiger partial charge in [0.1, 0.15) is 5.82 Å². The lowest BCUT2D eigenvalue weighted by atomic mass is 9.92. The van der Waals surface area contributed by atoms with Crippen molar-refractivity contribution in [3.63, 3.8) is 0 Å². The summed E-state index contributed by atoms with van der Waals surface area (Å²) in [7, 11) is 0. The van der Waals surface area contributed by atoms with Gasteiger partial charge in [0.05, 0.1) is 0 Å². The van der Waals surface area contributed by atoms with E-state index in [9.17, 15) is 4.79 Å². The summed E-state index contributed by atoms with van der Waals surface area (Å²) in [6, 6.07) is 14.4. The minimum absolute atomic E-state index is 0.184. The molecular weight excluding hydrogens is 324 g/mol. The van der Waals surface area contributed by atoms with Crippen LogP contribution in [0.5, 0.6) is 0 Å². The fourth-order valence-electron chi connectivity index (χ4n) is 4.02. The molecule has 1 unspecified atom stereocenters. The van der Waals surface area contributed by atoms with Crippen molar-refractivity contribution in [2.24, 2.45) is 0 Å². The van der Waals surface area contributed by atoms with Crippen LogP contribution in [0.25, 0.3) is 0 Å². The number of nitrogens with one attached hydrogen (secondary N) is 2. The van der Waals surface area contributed by atoms with Crippen LogP contribution < -0.4 is 10.6 Å². The number of carbonyl (C=O) groups is 1. The highest BCUT2D eigenvalue weighted by Crippen LogP contribution is 2.27. The lowest BCUT2D eigenvalue weighted by Crippen LogP contribution is -2.42. The molecule has 2 aliphatic heterocycles. The number of aromatic nitrogens is 1. The number of nitrogens with zero attached hydrogens (tertiary/aromatic N) is 2. The molecule has 2 saturated heterocycles. The quantitative estimate of drug-likeness (QED) is 0.890. The van der Waals surface area contributed by atoms with Crippen LogP contribution in [0.2, 0.25) is 0 Å². The summed E-state index contributed by atoms with van der Waals surface area (Å²) in [4.78, 5) is 19.5. The molecule has 5 nitrogen and oxygen atoms in total. The zero-order valence-corrected chi connectivity index (χ0v) is 15.0.